The molecule has 0 unspecified atom stereocenters. The highest BCUT2D eigenvalue weighted by atomic mass is 16.4. The van der Waals surface area contributed by atoms with Crippen molar-refractivity contribution in [3.05, 3.63) is 53.6 Å². The van der Waals surface area contributed by atoms with Gasteiger partial charge in [0.2, 0.25) is 0 Å². The highest BCUT2D eigenvalue weighted by Gasteiger charge is 2.15. The number of rotatable bonds is 5. The lowest BCUT2D eigenvalue weighted by molar-refractivity contribution is 0.0691. The molecule has 0 spiro atoms. The quantitative estimate of drug-likeness (QED) is 0.748. The number of carboxylic acid groups (broad SMARTS) is 1. The van der Waals surface area contributed by atoms with Crippen molar-refractivity contribution < 1.29 is 14.7 Å². The second kappa shape index (κ2) is 5.81. The van der Waals surface area contributed by atoms with Crippen molar-refractivity contribution in [1.29, 1.82) is 0 Å². The van der Waals surface area contributed by atoms with Crippen LogP contribution < -0.4 is 5.32 Å². The normalized spacial score (nSPS) is 10.1. The number of amides is 1. The van der Waals surface area contributed by atoms with Gasteiger partial charge in [-0.1, -0.05) is 12.1 Å². The van der Waals surface area contributed by atoms with Gasteiger partial charge in [0.25, 0.3) is 5.91 Å². The molecule has 0 aliphatic carbocycles. The standard InChI is InChI=1S/C13H13N3O3/c17-12(16-6-5-11-14-7-8-15-11)9-3-1-2-4-10(9)13(18)19/h1-4,7-8H,5-6H2,(H,14,15)(H,16,17)(H,18,19). The third kappa shape index (κ3) is 3.19. The third-order valence-electron chi connectivity index (χ3n) is 2.60. The molecule has 1 aromatic carbocycles. The summed E-state index contributed by atoms with van der Waals surface area (Å²) in [7, 11) is 0. The van der Waals surface area contributed by atoms with E-state index < -0.39 is 11.9 Å². The van der Waals surface area contributed by atoms with E-state index in [9.17, 15) is 9.59 Å². The monoisotopic (exact) mass is 259 g/mol. The molecule has 1 amide bonds. The highest BCUT2D eigenvalue weighted by molar-refractivity contribution is 6.04. The minimum Gasteiger partial charge on any atom is -0.478 e. The molecule has 6 heteroatoms. The maximum atomic E-state index is 11.9. The summed E-state index contributed by atoms with van der Waals surface area (Å²) in [5.41, 5.74) is 0.160. The van der Waals surface area contributed by atoms with Gasteiger partial charge < -0.3 is 15.4 Å². The van der Waals surface area contributed by atoms with E-state index in [1.165, 1.54) is 12.1 Å². The Morgan fingerprint density at radius 2 is 2.00 bits per heavy atom. The fraction of sp³-hybridized carbons (Fsp3) is 0.154. The Morgan fingerprint density at radius 1 is 1.26 bits per heavy atom. The zero-order valence-electron chi connectivity index (χ0n) is 10.1. The summed E-state index contributed by atoms with van der Waals surface area (Å²) < 4.78 is 0. The molecule has 0 atom stereocenters. The van der Waals surface area contributed by atoms with Crippen LogP contribution in [0.2, 0.25) is 0 Å². The van der Waals surface area contributed by atoms with Gasteiger partial charge in [-0.2, -0.15) is 0 Å². The summed E-state index contributed by atoms with van der Waals surface area (Å²) in [5, 5.41) is 11.7. The molecule has 0 aliphatic rings. The van der Waals surface area contributed by atoms with E-state index in [1.54, 1.807) is 24.5 Å². The minimum absolute atomic E-state index is 0.00185. The molecule has 19 heavy (non-hydrogen) atoms. The Morgan fingerprint density at radius 3 is 2.63 bits per heavy atom. The number of carbonyl (C=O) groups excluding carboxylic acids is 1. The largest absolute Gasteiger partial charge is 0.478 e. The molecule has 0 bridgehead atoms. The number of aromatic carboxylic acids is 1. The zero-order chi connectivity index (χ0) is 13.7. The number of nitrogens with one attached hydrogen (secondary N) is 2. The van der Waals surface area contributed by atoms with Gasteiger partial charge in [-0.25, -0.2) is 9.78 Å². The molecule has 1 heterocycles. The average Bonchev–Trinajstić information content (AvgIpc) is 2.91. The molecule has 3 N–H and O–H groups in total. The Labute approximate surface area is 109 Å². The van der Waals surface area contributed by atoms with Gasteiger partial charge in [0.1, 0.15) is 5.82 Å². The molecule has 2 rings (SSSR count). The van der Waals surface area contributed by atoms with Crippen molar-refractivity contribution in [2.45, 2.75) is 6.42 Å². The van der Waals surface area contributed by atoms with Crippen LogP contribution in [-0.2, 0) is 6.42 Å². The maximum absolute atomic E-state index is 11.9. The molecule has 0 radical (unpaired) electrons. The lowest BCUT2D eigenvalue weighted by Crippen LogP contribution is -2.27. The fourth-order valence-electron chi connectivity index (χ4n) is 1.69. The van der Waals surface area contributed by atoms with Gasteiger partial charge in [-0.05, 0) is 12.1 Å². The van der Waals surface area contributed by atoms with Crippen LogP contribution in [0.25, 0.3) is 0 Å². The fourth-order valence-corrected chi connectivity index (χ4v) is 1.69. The van der Waals surface area contributed by atoms with Crippen LogP contribution in [0.5, 0.6) is 0 Å². The molecular formula is C13H13N3O3. The SMILES string of the molecule is O=C(O)c1ccccc1C(=O)NCCc1ncc[nH]1. The van der Waals surface area contributed by atoms with E-state index in [-0.39, 0.29) is 11.1 Å². The Hall–Kier alpha value is -2.63. The zero-order valence-corrected chi connectivity index (χ0v) is 10.1. The van der Waals surface area contributed by atoms with E-state index in [0.29, 0.717) is 13.0 Å². The summed E-state index contributed by atoms with van der Waals surface area (Å²) in [6.07, 6.45) is 3.90. The molecule has 6 nitrogen and oxygen atoms in total. The number of hydrogen-bond donors (Lipinski definition) is 3. The van der Waals surface area contributed by atoms with Crippen LogP contribution in [0, 0.1) is 0 Å². The predicted molar refractivity (Wildman–Crippen MR) is 68.0 cm³/mol. The van der Waals surface area contributed by atoms with Crippen LogP contribution >= 0.6 is 0 Å². The summed E-state index contributed by atoms with van der Waals surface area (Å²) in [4.78, 5) is 29.8. The molecule has 0 aliphatic heterocycles. The first-order chi connectivity index (χ1) is 9.18. The molecule has 0 saturated heterocycles. The van der Waals surface area contributed by atoms with Crippen molar-refractivity contribution >= 4 is 11.9 Å². The smallest absolute Gasteiger partial charge is 0.336 e. The van der Waals surface area contributed by atoms with Crippen LogP contribution in [0.3, 0.4) is 0 Å². The number of nitrogens with zero attached hydrogens (tertiary/aromatic N) is 1. The van der Waals surface area contributed by atoms with Crippen molar-refractivity contribution in [2.24, 2.45) is 0 Å². The van der Waals surface area contributed by atoms with Crippen molar-refractivity contribution in [1.82, 2.24) is 15.3 Å². The number of H-pyrrole nitrogens is 1. The van der Waals surface area contributed by atoms with Crippen molar-refractivity contribution in [2.75, 3.05) is 6.54 Å². The second-order valence-corrected chi connectivity index (χ2v) is 3.89. The summed E-state index contributed by atoms with van der Waals surface area (Å²) in [6.45, 7) is 0.389. The number of imidazole rings is 1. The number of aromatic nitrogens is 2. The average molecular weight is 259 g/mol. The highest BCUT2D eigenvalue weighted by Crippen LogP contribution is 2.08. The number of hydrogen-bond acceptors (Lipinski definition) is 3. The van der Waals surface area contributed by atoms with E-state index in [2.05, 4.69) is 15.3 Å². The molecule has 0 fully saturated rings. The number of carbonyl (C=O) groups is 2. The first kappa shape index (κ1) is 12.8. The summed E-state index contributed by atoms with van der Waals surface area (Å²) in [5.74, 6) is -0.742. The van der Waals surface area contributed by atoms with Crippen LogP contribution in [0.4, 0.5) is 0 Å². The van der Waals surface area contributed by atoms with Gasteiger partial charge in [-0.15, -0.1) is 0 Å². The first-order valence-electron chi connectivity index (χ1n) is 5.77. The van der Waals surface area contributed by atoms with Gasteiger partial charge >= 0.3 is 5.97 Å². The number of benzene rings is 1. The van der Waals surface area contributed by atoms with E-state index >= 15 is 0 Å². The summed E-state index contributed by atoms with van der Waals surface area (Å²) in [6, 6.07) is 6.12. The molecule has 0 saturated carbocycles. The number of aromatic amines is 1. The lowest BCUT2D eigenvalue weighted by atomic mass is 10.1. The van der Waals surface area contributed by atoms with Gasteiger partial charge in [-0.3, -0.25) is 4.79 Å². The molecular weight excluding hydrogens is 246 g/mol. The van der Waals surface area contributed by atoms with Gasteiger partial charge in [0.05, 0.1) is 11.1 Å². The van der Waals surface area contributed by atoms with Crippen molar-refractivity contribution in [3.63, 3.8) is 0 Å². The third-order valence-corrected chi connectivity index (χ3v) is 2.60. The Balaban J connectivity index is 1.98. The van der Waals surface area contributed by atoms with Crippen LogP contribution in [0.15, 0.2) is 36.7 Å². The maximum Gasteiger partial charge on any atom is 0.336 e. The predicted octanol–water partition coefficient (Wildman–Crippen LogP) is 1.08. The van der Waals surface area contributed by atoms with Crippen molar-refractivity contribution in [3.8, 4) is 0 Å². The Kier molecular flexibility index (Phi) is 3.92. The van der Waals surface area contributed by atoms with Gasteiger partial charge in [0, 0.05) is 25.4 Å². The molecule has 1 aromatic heterocycles. The number of carboxylic acids is 1. The van der Waals surface area contributed by atoms with E-state index in [0.717, 1.165) is 5.82 Å². The lowest BCUT2D eigenvalue weighted by Gasteiger charge is -2.06. The molecule has 2 aromatic rings. The first-order valence-corrected chi connectivity index (χ1v) is 5.77. The second-order valence-electron chi connectivity index (χ2n) is 3.89. The summed E-state index contributed by atoms with van der Waals surface area (Å²) >= 11 is 0. The molecule has 98 valence electrons. The topological polar surface area (TPSA) is 95.1 Å². The minimum atomic E-state index is -1.11. The van der Waals surface area contributed by atoms with E-state index in [4.69, 9.17) is 5.11 Å². The van der Waals surface area contributed by atoms with Crippen LogP contribution in [0.1, 0.15) is 26.5 Å². The van der Waals surface area contributed by atoms with E-state index in [1.807, 2.05) is 0 Å². The Bertz CT molecular complexity index is 579. The van der Waals surface area contributed by atoms with Gasteiger partial charge in [0.15, 0.2) is 0 Å². The van der Waals surface area contributed by atoms with Crippen LogP contribution in [-0.4, -0.2) is 33.5 Å².